The van der Waals surface area contributed by atoms with Gasteiger partial charge in [0.2, 0.25) is 5.91 Å². The van der Waals surface area contributed by atoms with Crippen LogP contribution in [0.1, 0.15) is 25.3 Å². The van der Waals surface area contributed by atoms with Gasteiger partial charge in [0.1, 0.15) is 5.82 Å². The molecule has 146 valence electrons. The molecule has 0 heterocycles. The third-order valence-electron chi connectivity index (χ3n) is 3.92. The van der Waals surface area contributed by atoms with Gasteiger partial charge in [0.15, 0.2) is 5.96 Å². The molecule has 1 saturated carbocycles. The highest BCUT2D eigenvalue weighted by molar-refractivity contribution is 14.0. The molecule has 1 aliphatic rings. The number of carbonyl (C=O) groups is 1. The standard InChI is InChI=1S/C18H28FN5O.HI/c1-4-20-18(22-10-9-21-17(25)14-6-7-14)23-12-13-5-8-16(24(2)3)15(19)11-13;/h5,8,11,14H,4,6-7,9-10,12H2,1-3H3,(H,21,25)(H2,20,22,23);1H. The minimum atomic E-state index is -0.251. The minimum absolute atomic E-state index is 0. The smallest absolute Gasteiger partial charge is 0.223 e. The number of nitrogens with one attached hydrogen (secondary N) is 3. The summed E-state index contributed by atoms with van der Waals surface area (Å²) in [5.74, 6) is 0.765. The molecule has 0 unspecified atom stereocenters. The number of aliphatic imine (C=N–C) groups is 1. The molecular formula is C18H29FIN5O. The van der Waals surface area contributed by atoms with E-state index in [4.69, 9.17) is 0 Å². The van der Waals surface area contributed by atoms with E-state index in [1.54, 1.807) is 11.0 Å². The Morgan fingerprint density at radius 3 is 2.50 bits per heavy atom. The number of hydrogen-bond acceptors (Lipinski definition) is 3. The first-order valence-electron chi connectivity index (χ1n) is 8.77. The molecule has 0 aliphatic heterocycles. The summed E-state index contributed by atoms with van der Waals surface area (Å²) in [4.78, 5) is 17.8. The van der Waals surface area contributed by atoms with Crippen LogP contribution >= 0.6 is 24.0 Å². The Morgan fingerprint density at radius 2 is 1.92 bits per heavy atom. The van der Waals surface area contributed by atoms with Gasteiger partial charge >= 0.3 is 0 Å². The average molecular weight is 477 g/mol. The molecule has 1 aromatic carbocycles. The van der Waals surface area contributed by atoms with E-state index in [0.717, 1.165) is 24.9 Å². The molecule has 1 amide bonds. The number of nitrogens with zero attached hydrogens (tertiary/aromatic N) is 2. The molecule has 1 aromatic rings. The van der Waals surface area contributed by atoms with Crippen LogP contribution in [0.25, 0.3) is 0 Å². The molecule has 6 nitrogen and oxygen atoms in total. The van der Waals surface area contributed by atoms with E-state index in [9.17, 15) is 9.18 Å². The van der Waals surface area contributed by atoms with Gasteiger partial charge in [-0.3, -0.25) is 4.79 Å². The number of halogens is 2. The van der Waals surface area contributed by atoms with Crippen molar-refractivity contribution in [1.82, 2.24) is 16.0 Å². The molecule has 26 heavy (non-hydrogen) atoms. The number of amides is 1. The van der Waals surface area contributed by atoms with Gasteiger partial charge in [-0.1, -0.05) is 6.07 Å². The number of rotatable bonds is 8. The lowest BCUT2D eigenvalue weighted by molar-refractivity contribution is -0.122. The summed E-state index contributed by atoms with van der Waals surface area (Å²) in [7, 11) is 3.62. The lowest BCUT2D eigenvalue weighted by atomic mass is 10.2. The zero-order chi connectivity index (χ0) is 18.2. The van der Waals surface area contributed by atoms with Crippen molar-refractivity contribution in [2.45, 2.75) is 26.3 Å². The first kappa shape index (κ1) is 22.5. The monoisotopic (exact) mass is 477 g/mol. The van der Waals surface area contributed by atoms with E-state index in [1.807, 2.05) is 27.1 Å². The van der Waals surface area contributed by atoms with E-state index in [2.05, 4.69) is 20.9 Å². The lowest BCUT2D eigenvalue weighted by Crippen LogP contribution is -2.41. The number of carbonyl (C=O) groups excluding carboxylic acids is 1. The SMILES string of the molecule is CCNC(=NCc1ccc(N(C)C)c(F)c1)NCCNC(=O)C1CC1.I. The molecule has 0 radical (unpaired) electrons. The van der Waals surface area contributed by atoms with Gasteiger partial charge in [-0.25, -0.2) is 9.38 Å². The van der Waals surface area contributed by atoms with Gasteiger partial charge in [0.25, 0.3) is 0 Å². The van der Waals surface area contributed by atoms with Crippen molar-refractivity contribution in [3.63, 3.8) is 0 Å². The van der Waals surface area contributed by atoms with Gasteiger partial charge < -0.3 is 20.9 Å². The maximum atomic E-state index is 14.0. The number of anilines is 1. The highest BCUT2D eigenvalue weighted by Gasteiger charge is 2.28. The van der Waals surface area contributed by atoms with Gasteiger partial charge in [-0.2, -0.15) is 0 Å². The second-order valence-corrected chi connectivity index (χ2v) is 6.37. The van der Waals surface area contributed by atoms with Crippen LogP contribution < -0.4 is 20.9 Å². The molecule has 0 aromatic heterocycles. The summed E-state index contributed by atoms with van der Waals surface area (Å²) < 4.78 is 14.0. The molecular weight excluding hydrogens is 448 g/mol. The maximum absolute atomic E-state index is 14.0. The molecule has 8 heteroatoms. The molecule has 1 fully saturated rings. The quantitative estimate of drug-likeness (QED) is 0.232. The van der Waals surface area contributed by atoms with E-state index in [-0.39, 0.29) is 41.6 Å². The van der Waals surface area contributed by atoms with Crippen molar-refractivity contribution >= 4 is 41.5 Å². The molecule has 0 bridgehead atoms. The van der Waals surface area contributed by atoms with Crippen LogP contribution in [0.4, 0.5) is 10.1 Å². The molecule has 1 aliphatic carbocycles. The van der Waals surface area contributed by atoms with Crippen molar-refractivity contribution in [2.24, 2.45) is 10.9 Å². The van der Waals surface area contributed by atoms with Crippen molar-refractivity contribution in [3.05, 3.63) is 29.6 Å². The summed E-state index contributed by atoms with van der Waals surface area (Å²) in [5.41, 5.74) is 1.37. The minimum Gasteiger partial charge on any atom is -0.375 e. The fraction of sp³-hybridized carbons (Fsp3) is 0.556. The van der Waals surface area contributed by atoms with Crippen molar-refractivity contribution < 1.29 is 9.18 Å². The summed E-state index contributed by atoms with van der Waals surface area (Å²) in [6.45, 7) is 4.25. The zero-order valence-electron chi connectivity index (χ0n) is 15.6. The molecule has 0 saturated heterocycles. The Bertz CT molecular complexity index is 620. The van der Waals surface area contributed by atoms with Crippen LogP contribution in [0, 0.1) is 11.7 Å². The number of guanidine groups is 1. The van der Waals surface area contributed by atoms with Crippen LogP contribution in [0.15, 0.2) is 23.2 Å². The second kappa shape index (κ2) is 11.2. The van der Waals surface area contributed by atoms with Crippen LogP contribution in [0.3, 0.4) is 0 Å². The predicted molar refractivity (Wildman–Crippen MR) is 115 cm³/mol. The Morgan fingerprint density at radius 1 is 1.23 bits per heavy atom. The normalized spacial score (nSPS) is 13.6. The average Bonchev–Trinajstić information content (AvgIpc) is 3.41. The summed E-state index contributed by atoms with van der Waals surface area (Å²) in [6, 6.07) is 5.15. The summed E-state index contributed by atoms with van der Waals surface area (Å²) in [5, 5.41) is 9.22. The second-order valence-electron chi connectivity index (χ2n) is 6.37. The highest BCUT2D eigenvalue weighted by atomic mass is 127. The molecule has 2 rings (SSSR count). The van der Waals surface area contributed by atoms with Crippen molar-refractivity contribution in [1.29, 1.82) is 0 Å². The molecule has 3 N–H and O–H groups in total. The van der Waals surface area contributed by atoms with Gasteiger partial charge in [-0.05, 0) is 37.5 Å². The van der Waals surface area contributed by atoms with E-state index in [0.29, 0.717) is 31.3 Å². The third-order valence-corrected chi connectivity index (χ3v) is 3.92. The fourth-order valence-electron chi connectivity index (χ4n) is 2.38. The first-order chi connectivity index (χ1) is 12.0. The number of benzene rings is 1. The van der Waals surface area contributed by atoms with Crippen molar-refractivity contribution in [3.8, 4) is 0 Å². The van der Waals surface area contributed by atoms with E-state index in [1.165, 1.54) is 6.07 Å². The predicted octanol–water partition coefficient (Wildman–Crippen LogP) is 2.09. The van der Waals surface area contributed by atoms with Gasteiger partial charge in [0, 0.05) is 39.6 Å². The van der Waals surface area contributed by atoms with E-state index >= 15 is 0 Å². The van der Waals surface area contributed by atoms with Crippen LogP contribution in [-0.2, 0) is 11.3 Å². The van der Waals surface area contributed by atoms with E-state index < -0.39 is 0 Å². The topological polar surface area (TPSA) is 68.8 Å². The first-order valence-corrected chi connectivity index (χ1v) is 8.77. The fourth-order valence-corrected chi connectivity index (χ4v) is 2.38. The largest absolute Gasteiger partial charge is 0.375 e. The molecule has 0 atom stereocenters. The molecule has 0 spiro atoms. The van der Waals surface area contributed by atoms with Gasteiger partial charge in [-0.15, -0.1) is 24.0 Å². The van der Waals surface area contributed by atoms with Gasteiger partial charge in [0.05, 0.1) is 12.2 Å². The number of hydrogen-bond donors (Lipinski definition) is 3. The van der Waals surface area contributed by atoms with Crippen LogP contribution in [0.2, 0.25) is 0 Å². The van der Waals surface area contributed by atoms with Crippen LogP contribution in [-0.4, -0.2) is 45.6 Å². The third kappa shape index (κ3) is 7.35. The van der Waals surface area contributed by atoms with Crippen molar-refractivity contribution in [2.75, 3.05) is 38.6 Å². The summed E-state index contributed by atoms with van der Waals surface area (Å²) >= 11 is 0. The summed E-state index contributed by atoms with van der Waals surface area (Å²) in [6.07, 6.45) is 2.01. The Hall–Kier alpha value is -1.58. The highest BCUT2D eigenvalue weighted by Crippen LogP contribution is 2.28. The van der Waals surface area contributed by atoms with Crippen LogP contribution in [0.5, 0.6) is 0 Å². The Balaban J connectivity index is 0.00000338. The lowest BCUT2D eigenvalue weighted by Gasteiger charge is -2.14. The Kier molecular flexibility index (Phi) is 9.68. The Labute approximate surface area is 172 Å². The maximum Gasteiger partial charge on any atom is 0.223 e. The zero-order valence-corrected chi connectivity index (χ0v) is 18.0.